The molecule has 13 nitrogen and oxygen atoms in total. The van der Waals surface area contributed by atoms with Crippen molar-refractivity contribution in [3.05, 3.63) is 71.0 Å². The Hall–Kier alpha value is -3.20. The average molecular weight is 716 g/mol. The molecule has 0 aliphatic carbocycles. The van der Waals surface area contributed by atoms with Crippen molar-refractivity contribution in [3.8, 4) is 11.6 Å². The Morgan fingerprint density at radius 2 is 2.00 bits per heavy atom. The minimum atomic E-state index is -3.32. The molecule has 1 amide bonds. The number of halogens is 1. The van der Waals surface area contributed by atoms with E-state index in [9.17, 15) is 4.79 Å². The van der Waals surface area contributed by atoms with Gasteiger partial charge in [0.15, 0.2) is 23.7 Å². The quantitative estimate of drug-likeness (QED) is 0.196. The van der Waals surface area contributed by atoms with Crippen LogP contribution in [0.15, 0.2) is 54.9 Å². The highest BCUT2D eigenvalue weighted by Gasteiger charge is 2.54. The summed E-state index contributed by atoms with van der Waals surface area (Å²) in [6, 6.07) is 15.2. The summed E-state index contributed by atoms with van der Waals surface area (Å²) in [5.74, 6) is 0.317. The van der Waals surface area contributed by atoms with Crippen molar-refractivity contribution >= 4 is 53.1 Å². The maximum Gasteiger partial charge on any atom is 0.381 e. The van der Waals surface area contributed by atoms with Gasteiger partial charge >= 0.3 is 6.72 Å². The van der Waals surface area contributed by atoms with Gasteiger partial charge in [-0.05, 0) is 43.9 Å². The number of nitrogens with one attached hydrogen (secondary N) is 1. The second-order valence-corrected chi connectivity index (χ2v) is 15.0. The lowest BCUT2D eigenvalue weighted by molar-refractivity contribution is -0.213. The van der Waals surface area contributed by atoms with Gasteiger partial charge in [-0.2, -0.15) is 9.97 Å². The molecule has 6 atom stereocenters. The highest BCUT2D eigenvalue weighted by molar-refractivity contribution is 8.07. The lowest BCUT2D eigenvalue weighted by Gasteiger charge is -2.36. The van der Waals surface area contributed by atoms with E-state index in [0.717, 1.165) is 18.4 Å². The number of imidazole rings is 1. The fourth-order valence-corrected chi connectivity index (χ4v) is 8.16. The summed E-state index contributed by atoms with van der Waals surface area (Å²) in [6.07, 6.45) is 1.62. The van der Waals surface area contributed by atoms with Crippen molar-refractivity contribution < 1.29 is 37.3 Å². The van der Waals surface area contributed by atoms with Crippen molar-refractivity contribution in [2.45, 2.75) is 70.4 Å². The summed E-state index contributed by atoms with van der Waals surface area (Å²) in [5, 5.41) is 3.05. The standard InChI is InChI=1S/C32H35ClN5O8PS/c1-19-10-12-21(13-11-19)14-16-41-30-26-29(36-32(37-30)35-20(2)39)38(18-34-26)31-28(44-25-9-5-6-15-40-25)27-24(43-31)17-42-47(48,46-27)45-23-8-4-3-7-22(23)33/h3-4,7-8,10-13,18,24-25,27-28,31H,5-6,9,14-17H2,1-2H3,(H,35,36,37,39)/t24-,25?,27?,28?,31-,47?/m1/s1. The predicted octanol–water partition coefficient (Wildman–Crippen LogP) is 5.90. The van der Waals surface area contributed by atoms with Crippen LogP contribution in [0.5, 0.6) is 11.6 Å². The molecule has 3 aliphatic rings. The summed E-state index contributed by atoms with van der Waals surface area (Å²) in [4.78, 5) is 25.8. The largest absolute Gasteiger partial charge is 0.476 e. The number of para-hydroxylation sites is 1. The fraction of sp³-hybridized carbons (Fsp3) is 0.438. The molecule has 254 valence electrons. The molecule has 3 saturated heterocycles. The van der Waals surface area contributed by atoms with Gasteiger partial charge in [-0.1, -0.05) is 53.6 Å². The van der Waals surface area contributed by atoms with Gasteiger partial charge in [0.05, 0.1) is 24.6 Å². The zero-order valence-corrected chi connectivity index (χ0v) is 28.8. The molecule has 4 unspecified atom stereocenters. The minimum absolute atomic E-state index is 0.0637. The number of rotatable bonds is 10. The monoisotopic (exact) mass is 715 g/mol. The van der Waals surface area contributed by atoms with E-state index in [2.05, 4.69) is 44.5 Å². The molecule has 16 heteroatoms. The van der Waals surface area contributed by atoms with Gasteiger partial charge in [0.25, 0.3) is 0 Å². The van der Waals surface area contributed by atoms with Crippen LogP contribution in [0.2, 0.25) is 5.02 Å². The van der Waals surface area contributed by atoms with E-state index in [4.69, 9.17) is 55.9 Å². The van der Waals surface area contributed by atoms with Crippen LogP contribution < -0.4 is 14.6 Å². The molecular formula is C32H35ClN5O8PS. The number of hydrogen-bond acceptors (Lipinski definition) is 12. The second-order valence-electron chi connectivity index (χ2n) is 11.7. The Labute approximate surface area is 287 Å². The Kier molecular flexibility index (Phi) is 9.95. The Morgan fingerprint density at radius 1 is 1.17 bits per heavy atom. The number of nitrogens with zero attached hydrogens (tertiary/aromatic N) is 4. The molecular weight excluding hydrogens is 681 g/mol. The van der Waals surface area contributed by atoms with Crippen LogP contribution in [0.3, 0.4) is 0 Å². The van der Waals surface area contributed by atoms with Gasteiger partial charge in [-0.3, -0.25) is 23.7 Å². The van der Waals surface area contributed by atoms with E-state index in [0.29, 0.717) is 48.0 Å². The smallest absolute Gasteiger partial charge is 0.381 e. The third-order valence-corrected chi connectivity index (χ3v) is 10.6. The molecule has 4 aromatic rings. The number of aryl methyl sites for hydroxylation is 1. The number of anilines is 1. The highest BCUT2D eigenvalue weighted by atomic mass is 35.5. The fourth-order valence-electron chi connectivity index (χ4n) is 5.77. The van der Waals surface area contributed by atoms with Crippen LogP contribution >= 0.6 is 18.3 Å². The van der Waals surface area contributed by atoms with Crippen LogP contribution in [-0.4, -0.2) is 69.8 Å². The summed E-state index contributed by atoms with van der Waals surface area (Å²) in [5.41, 5.74) is 3.06. The van der Waals surface area contributed by atoms with E-state index >= 15 is 0 Å². The molecule has 1 N–H and O–H groups in total. The van der Waals surface area contributed by atoms with E-state index in [1.807, 2.05) is 6.92 Å². The van der Waals surface area contributed by atoms with Crippen molar-refractivity contribution in [3.63, 3.8) is 0 Å². The Balaban J connectivity index is 1.19. The van der Waals surface area contributed by atoms with Gasteiger partial charge in [0, 0.05) is 31.8 Å². The van der Waals surface area contributed by atoms with E-state index in [-0.39, 0.29) is 24.3 Å². The number of benzene rings is 2. The number of hydrogen-bond donors (Lipinski definition) is 1. The van der Waals surface area contributed by atoms with Gasteiger partial charge in [0.1, 0.15) is 24.1 Å². The second kappa shape index (κ2) is 14.3. The molecule has 0 radical (unpaired) electrons. The summed E-state index contributed by atoms with van der Waals surface area (Å²) in [6.45, 7) is 1.12. The first-order chi connectivity index (χ1) is 23.2. The molecule has 0 bridgehead atoms. The maximum absolute atomic E-state index is 12.1. The Morgan fingerprint density at radius 3 is 2.77 bits per heavy atom. The molecule has 0 saturated carbocycles. The Bertz CT molecular complexity index is 1820. The lowest BCUT2D eigenvalue weighted by Crippen LogP contribution is -2.43. The first kappa shape index (κ1) is 33.3. The van der Waals surface area contributed by atoms with E-state index in [1.165, 1.54) is 12.5 Å². The van der Waals surface area contributed by atoms with Crippen LogP contribution in [0.25, 0.3) is 11.2 Å². The first-order valence-corrected chi connectivity index (χ1v) is 18.7. The van der Waals surface area contributed by atoms with Gasteiger partial charge in [-0.25, -0.2) is 4.98 Å². The van der Waals surface area contributed by atoms with Crippen LogP contribution in [0.4, 0.5) is 5.95 Å². The summed E-state index contributed by atoms with van der Waals surface area (Å²) in [7, 11) is 0. The lowest BCUT2D eigenvalue weighted by atomic mass is 10.1. The molecule has 48 heavy (non-hydrogen) atoms. The highest BCUT2D eigenvalue weighted by Crippen LogP contribution is 2.58. The third-order valence-electron chi connectivity index (χ3n) is 8.13. The molecule has 2 aromatic carbocycles. The van der Waals surface area contributed by atoms with Crippen molar-refractivity contribution in [2.24, 2.45) is 0 Å². The van der Waals surface area contributed by atoms with Crippen molar-refractivity contribution in [1.82, 2.24) is 19.5 Å². The van der Waals surface area contributed by atoms with Crippen LogP contribution in [0.1, 0.15) is 43.5 Å². The molecule has 3 aliphatic heterocycles. The maximum atomic E-state index is 12.1. The first-order valence-electron chi connectivity index (χ1n) is 15.7. The topological polar surface area (TPSA) is 137 Å². The minimum Gasteiger partial charge on any atom is -0.476 e. The summed E-state index contributed by atoms with van der Waals surface area (Å²) < 4.78 is 45.4. The molecule has 2 aromatic heterocycles. The zero-order valence-electron chi connectivity index (χ0n) is 26.3. The number of carbonyl (C=O) groups is 1. The van der Waals surface area contributed by atoms with E-state index < -0.39 is 37.5 Å². The van der Waals surface area contributed by atoms with Crippen molar-refractivity contribution in [2.75, 3.05) is 25.1 Å². The summed E-state index contributed by atoms with van der Waals surface area (Å²) >= 11 is 12.2. The van der Waals surface area contributed by atoms with Crippen LogP contribution in [-0.2, 0) is 46.3 Å². The van der Waals surface area contributed by atoms with E-state index in [1.54, 1.807) is 35.2 Å². The normalized spacial score (nSPS) is 27.0. The predicted molar refractivity (Wildman–Crippen MR) is 180 cm³/mol. The van der Waals surface area contributed by atoms with Gasteiger partial charge in [0.2, 0.25) is 17.7 Å². The number of ether oxygens (including phenoxy) is 4. The molecule has 3 fully saturated rings. The third kappa shape index (κ3) is 7.36. The zero-order chi connectivity index (χ0) is 33.3. The average Bonchev–Trinajstić information content (AvgIpc) is 3.64. The SMILES string of the molecule is CC(=O)Nc1nc(OCCc2ccc(C)cc2)c2ncn([C@@H]3O[C@@H]4COP(=S)(Oc5ccccc5Cl)OC4C3OC3CCCCO3)c2n1. The van der Waals surface area contributed by atoms with Crippen LogP contribution in [0, 0.1) is 6.92 Å². The number of carbonyl (C=O) groups excluding carboxylic acids is 1. The van der Waals surface area contributed by atoms with Gasteiger partial charge < -0.3 is 23.5 Å². The number of aromatic nitrogens is 4. The molecule has 5 heterocycles. The van der Waals surface area contributed by atoms with Crippen molar-refractivity contribution in [1.29, 1.82) is 0 Å². The van der Waals surface area contributed by atoms with Gasteiger partial charge in [-0.15, -0.1) is 0 Å². The number of fused-ring (bicyclic) bond motifs is 2. The molecule has 0 spiro atoms. The molecule has 7 rings (SSSR count). The number of amides is 1.